The summed E-state index contributed by atoms with van der Waals surface area (Å²) in [4.78, 5) is 4.47. The Bertz CT molecular complexity index is 551. The second-order valence-corrected chi connectivity index (χ2v) is 5.34. The number of ether oxygens (including phenoxy) is 4. The molecule has 21 heavy (non-hydrogen) atoms. The van der Waals surface area contributed by atoms with Gasteiger partial charge in [-0.3, -0.25) is 0 Å². The van der Waals surface area contributed by atoms with E-state index in [1.165, 1.54) is 0 Å². The van der Waals surface area contributed by atoms with Crippen molar-refractivity contribution in [2.75, 3.05) is 27.9 Å². The molecule has 1 aliphatic rings. The zero-order chi connectivity index (χ0) is 15.5. The van der Waals surface area contributed by atoms with Crippen LogP contribution in [-0.2, 0) is 4.74 Å². The molecule has 0 aliphatic carbocycles. The van der Waals surface area contributed by atoms with Gasteiger partial charge in [0.15, 0.2) is 11.5 Å². The van der Waals surface area contributed by atoms with Crippen molar-refractivity contribution < 1.29 is 18.9 Å². The molecule has 0 bridgehead atoms. The second-order valence-electron chi connectivity index (χ2n) is 5.34. The highest BCUT2D eigenvalue weighted by molar-refractivity contribution is 5.93. The lowest BCUT2D eigenvalue weighted by molar-refractivity contribution is 0.280. The van der Waals surface area contributed by atoms with E-state index in [-0.39, 0.29) is 5.54 Å². The van der Waals surface area contributed by atoms with E-state index in [1.54, 1.807) is 21.3 Å². The summed E-state index contributed by atoms with van der Waals surface area (Å²) >= 11 is 0. The molecule has 0 fully saturated rings. The van der Waals surface area contributed by atoms with Gasteiger partial charge in [0.2, 0.25) is 11.6 Å². The number of hydrogen-bond acceptors (Lipinski definition) is 5. The van der Waals surface area contributed by atoms with E-state index in [1.807, 2.05) is 38.1 Å². The summed E-state index contributed by atoms with van der Waals surface area (Å²) in [5.74, 6) is 2.44. The van der Waals surface area contributed by atoms with Gasteiger partial charge >= 0.3 is 0 Å². The van der Waals surface area contributed by atoms with Crippen molar-refractivity contribution in [1.82, 2.24) is 0 Å². The van der Waals surface area contributed by atoms with Crippen LogP contribution in [-0.4, -0.2) is 39.4 Å². The van der Waals surface area contributed by atoms with Gasteiger partial charge in [-0.1, -0.05) is 0 Å². The van der Waals surface area contributed by atoms with Gasteiger partial charge in [-0.2, -0.15) is 0 Å². The number of nitrogens with zero attached hydrogens (tertiary/aromatic N) is 1. The summed E-state index contributed by atoms with van der Waals surface area (Å²) in [5.41, 5.74) is 0.759. The number of benzene rings is 1. The Balaban J connectivity index is 2.29. The summed E-state index contributed by atoms with van der Waals surface area (Å²) in [7, 11) is 4.77. The molecule has 0 unspecified atom stereocenters. The maximum atomic E-state index is 5.52. The highest BCUT2D eigenvalue weighted by Gasteiger charge is 2.24. The Morgan fingerprint density at radius 2 is 1.67 bits per heavy atom. The van der Waals surface area contributed by atoms with Crippen molar-refractivity contribution in [1.29, 1.82) is 0 Å². The number of methoxy groups -OCH3 is 3. The Morgan fingerprint density at radius 3 is 2.10 bits per heavy atom. The third-order valence-corrected chi connectivity index (χ3v) is 3.09. The van der Waals surface area contributed by atoms with Gasteiger partial charge in [0.05, 0.1) is 26.9 Å². The molecule has 1 heterocycles. The van der Waals surface area contributed by atoms with Gasteiger partial charge in [0, 0.05) is 6.08 Å². The third-order valence-electron chi connectivity index (χ3n) is 3.09. The van der Waals surface area contributed by atoms with Gasteiger partial charge < -0.3 is 18.9 Å². The monoisotopic (exact) mass is 291 g/mol. The summed E-state index contributed by atoms with van der Waals surface area (Å²) in [6.45, 7) is 4.67. The summed E-state index contributed by atoms with van der Waals surface area (Å²) in [6.07, 6.45) is 3.75. The first-order valence-corrected chi connectivity index (χ1v) is 6.70. The molecule has 0 aromatic heterocycles. The van der Waals surface area contributed by atoms with Crippen LogP contribution in [0.4, 0.5) is 0 Å². The fraction of sp³-hybridized carbons (Fsp3) is 0.438. The number of rotatable bonds is 5. The van der Waals surface area contributed by atoms with Crippen LogP contribution < -0.4 is 14.2 Å². The lowest BCUT2D eigenvalue weighted by Gasteiger charge is -2.12. The molecule has 1 aromatic rings. The van der Waals surface area contributed by atoms with Crippen LogP contribution in [0.2, 0.25) is 0 Å². The van der Waals surface area contributed by atoms with Crippen molar-refractivity contribution in [3.05, 3.63) is 23.8 Å². The smallest absolute Gasteiger partial charge is 0.209 e. The zero-order valence-electron chi connectivity index (χ0n) is 13.1. The Kier molecular flexibility index (Phi) is 4.40. The van der Waals surface area contributed by atoms with E-state index in [0.717, 1.165) is 5.56 Å². The molecule has 0 saturated carbocycles. The lowest BCUT2D eigenvalue weighted by Crippen LogP contribution is -2.17. The molecule has 0 N–H and O–H groups in total. The predicted molar refractivity (Wildman–Crippen MR) is 82.6 cm³/mol. The number of aliphatic imine (C=N–C) groups is 1. The number of hydrogen-bond donors (Lipinski definition) is 0. The van der Waals surface area contributed by atoms with Crippen molar-refractivity contribution in [2.24, 2.45) is 4.99 Å². The van der Waals surface area contributed by atoms with E-state index in [9.17, 15) is 0 Å². The fourth-order valence-electron chi connectivity index (χ4n) is 2.06. The van der Waals surface area contributed by atoms with Crippen LogP contribution in [0.3, 0.4) is 0 Å². The first-order chi connectivity index (χ1) is 9.99. The predicted octanol–water partition coefficient (Wildman–Crippen LogP) is 2.93. The zero-order valence-corrected chi connectivity index (χ0v) is 13.1. The minimum Gasteiger partial charge on any atom is -0.493 e. The normalized spacial score (nSPS) is 16.5. The topological polar surface area (TPSA) is 49.3 Å². The van der Waals surface area contributed by atoms with Gasteiger partial charge in [-0.15, -0.1) is 0 Å². The van der Waals surface area contributed by atoms with Crippen molar-refractivity contribution >= 4 is 12.0 Å². The van der Waals surface area contributed by atoms with Crippen LogP contribution in [0, 0.1) is 0 Å². The molecule has 114 valence electrons. The quantitative estimate of drug-likeness (QED) is 0.837. The largest absolute Gasteiger partial charge is 0.493 e. The van der Waals surface area contributed by atoms with E-state index in [4.69, 9.17) is 18.9 Å². The van der Waals surface area contributed by atoms with E-state index in [2.05, 4.69) is 4.99 Å². The minimum atomic E-state index is -0.158. The first-order valence-electron chi connectivity index (χ1n) is 6.70. The molecule has 0 atom stereocenters. The Labute approximate surface area is 125 Å². The summed E-state index contributed by atoms with van der Waals surface area (Å²) < 4.78 is 21.5. The van der Waals surface area contributed by atoms with Gasteiger partial charge in [0.25, 0.3) is 0 Å². The van der Waals surface area contributed by atoms with Crippen molar-refractivity contribution in [3.63, 3.8) is 0 Å². The molecule has 0 spiro atoms. The summed E-state index contributed by atoms with van der Waals surface area (Å²) in [6, 6.07) is 3.75. The molecule has 5 nitrogen and oxygen atoms in total. The van der Waals surface area contributed by atoms with Crippen LogP contribution >= 0.6 is 0 Å². The van der Waals surface area contributed by atoms with Gasteiger partial charge in [-0.25, -0.2) is 4.99 Å². The highest BCUT2D eigenvalue weighted by atomic mass is 16.5. The molecule has 2 rings (SSSR count). The highest BCUT2D eigenvalue weighted by Crippen LogP contribution is 2.38. The molecule has 0 amide bonds. The molecular formula is C16H21NO4. The lowest BCUT2D eigenvalue weighted by atomic mass is 10.1. The van der Waals surface area contributed by atoms with E-state index >= 15 is 0 Å². The van der Waals surface area contributed by atoms with Gasteiger partial charge in [0.1, 0.15) is 6.61 Å². The second kappa shape index (κ2) is 6.08. The van der Waals surface area contributed by atoms with Crippen LogP contribution in [0.25, 0.3) is 6.08 Å². The van der Waals surface area contributed by atoms with Crippen molar-refractivity contribution in [3.8, 4) is 17.2 Å². The van der Waals surface area contributed by atoms with Crippen LogP contribution in [0.1, 0.15) is 19.4 Å². The third kappa shape index (κ3) is 3.48. The minimum absolute atomic E-state index is 0.158. The molecule has 0 saturated heterocycles. The molecule has 1 aromatic carbocycles. The fourth-order valence-corrected chi connectivity index (χ4v) is 2.06. The summed E-state index contributed by atoms with van der Waals surface area (Å²) in [5, 5.41) is 0. The molecular weight excluding hydrogens is 270 g/mol. The average molecular weight is 291 g/mol. The SMILES string of the molecule is COc1cc(C=CC2=NC(C)(C)CO2)cc(OC)c1OC. The van der Waals surface area contributed by atoms with Crippen LogP contribution in [0.5, 0.6) is 17.2 Å². The van der Waals surface area contributed by atoms with Crippen molar-refractivity contribution in [2.45, 2.75) is 19.4 Å². The maximum absolute atomic E-state index is 5.52. The first kappa shape index (κ1) is 15.2. The van der Waals surface area contributed by atoms with Gasteiger partial charge in [-0.05, 0) is 37.6 Å². The molecule has 1 aliphatic heterocycles. The standard InChI is InChI=1S/C16H21NO4/c1-16(2)10-21-14(17-16)7-6-11-8-12(18-3)15(20-5)13(9-11)19-4/h6-9H,10H2,1-5H3. The van der Waals surface area contributed by atoms with Crippen LogP contribution in [0.15, 0.2) is 23.2 Å². The Morgan fingerprint density at radius 1 is 1.05 bits per heavy atom. The molecule has 5 heteroatoms. The van der Waals surface area contributed by atoms with E-state index < -0.39 is 0 Å². The molecule has 0 radical (unpaired) electrons. The maximum Gasteiger partial charge on any atom is 0.209 e. The average Bonchev–Trinajstić information content (AvgIpc) is 2.83. The van der Waals surface area contributed by atoms with E-state index in [0.29, 0.717) is 29.8 Å². The Hall–Kier alpha value is -2.17.